The zero-order valence-electron chi connectivity index (χ0n) is 10.9. The first-order valence-corrected chi connectivity index (χ1v) is 6.57. The SMILES string of the molecule is Cc1cccc2nc(C(=O)N(CCO)C3CC3)cn12. The molecule has 0 aliphatic heterocycles. The van der Waals surface area contributed by atoms with Crippen LogP contribution in [0.5, 0.6) is 0 Å². The number of amides is 1. The minimum absolute atomic E-state index is 0.00532. The van der Waals surface area contributed by atoms with Gasteiger partial charge in [-0.3, -0.25) is 4.79 Å². The monoisotopic (exact) mass is 259 g/mol. The minimum Gasteiger partial charge on any atom is -0.395 e. The van der Waals surface area contributed by atoms with Gasteiger partial charge in [0.15, 0.2) is 0 Å². The van der Waals surface area contributed by atoms with Crippen molar-refractivity contribution in [3.63, 3.8) is 0 Å². The highest BCUT2D eigenvalue weighted by atomic mass is 16.3. The Balaban J connectivity index is 1.94. The van der Waals surface area contributed by atoms with E-state index in [0.29, 0.717) is 12.2 Å². The molecule has 0 saturated heterocycles. The van der Waals surface area contributed by atoms with E-state index in [9.17, 15) is 4.79 Å². The van der Waals surface area contributed by atoms with E-state index in [1.165, 1.54) is 0 Å². The van der Waals surface area contributed by atoms with Crippen LogP contribution in [0.1, 0.15) is 29.0 Å². The van der Waals surface area contributed by atoms with Crippen molar-refractivity contribution < 1.29 is 9.90 Å². The molecular weight excluding hydrogens is 242 g/mol. The van der Waals surface area contributed by atoms with Gasteiger partial charge in [0.25, 0.3) is 5.91 Å². The predicted octanol–water partition coefficient (Wildman–Crippen LogP) is 1.24. The van der Waals surface area contributed by atoms with E-state index < -0.39 is 0 Å². The van der Waals surface area contributed by atoms with Crippen LogP contribution in [0.4, 0.5) is 0 Å². The normalized spacial score (nSPS) is 14.8. The fraction of sp³-hybridized carbons (Fsp3) is 0.429. The smallest absolute Gasteiger partial charge is 0.274 e. The molecule has 1 amide bonds. The Kier molecular flexibility index (Phi) is 2.98. The number of hydrogen-bond donors (Lipinski definition) is 1. The lowest BCUT2D eigenvalue weighted by Crippen LogP contribution is -2.35. The van der Waals surface area contributed by atoms with Crippen molar-refractivity contribution in [2.24, 2.45) is 0 Å². The number of nitrogens with zero attached hydrogens (tertiary/aromatic N) is 3. The Morgan fingerprint density at radius 1 is 1.53 bits per heavy atom. The average Bonchev–Trinajstić information content (AvgIpc) is 3.14. The van der Waals surface area contributed by atoms with Crippen LogP contribution >= 0.6 is 0 Å². The summed E-state index contributed by atoms with van der Waals surface area (Å²) in [5.41, 5.74) is 2.28. The number of aliphatic hydroxyl groups is 1. The second-order valence-electron chi connectivity index (χ2n) is 4.97. The molecule has 19 heavy (non-hydrogen) atoms. The van der Waals surface area contributed by atoms with Crippen LogP contribution in [0.15, 0.2) is 24.4 Å². The molecule has 1 N–H and O–H groups in total. The zero-order chi connectivity index (χ0) is 13.4. The van der Waals surface area contributed by atoms with Crippen LogP contribution in [0.25, 0.3) is 5.65 Å². The number of pyridine rings is 1. The van der Waals surface area contributed by atoms with E-state index in [2.05, 4.69) is 4.98 Å². The lowest BCUT2D eigenvalue weighted by atomic mass is 10.3. The third-order valence-corrected chi connectivity index (χ3v) is 3.50. The first-order valence-electron chi connectivity index (χ1n) is 6.57. The first kappa shape index (κ1) is 12.2. The second kappa shape index (κ2) is 4.66. The Bertz CT molecular complexity index is 616. The maximum Gasteiger partial charge on any atom is 0.274 e. The van der Waals surface area contributed by atoms with E-state index in [4.69, 9.17) is 5.11 Å². The molecule has 1 aliphatic carbocycles. The maximum atomic E-state index is 12.4. The van der Waals surface area contributed by atoms with Crippen LogP contribution in [-0.2, 0) is 0 Å². The van der Waals surface area contributed by atoms with Crippen molar-refractivity contribution in [2.75, 3.05) is 13.2 Å². The van der Waals surface area contributed by atoms with Gasteiger partial charge in [-0.05, 0) is 31.9 Å². The molecule has 1 aliphatic rings. The quantitative estimate of drug-likeness (QED) is 0.898. The molecule has 0 spiro atoms. The molecule has 100 valence electrons. The van der Waals surface area contributed by atoms with Crippen molar-refractivity contribution in [1.82, 2.24) is 14.3 Å². The molecule has 0 unspecified atom stereocenters. The Hall–Kier alpha value is -1.88. The van der Waals surface area contributed by atoms with Gasteiger partial charge in [0, 0.05) is 24.5 Å². The summed E-state index contributed by atoms with van der Waals surface area (Å²) in [5, 5.41) is 9.07. The number of carbonyl (C=O) groups excluding carboxylic acids is 1. The highest BCUT2D eigenvalue weighted by Crippen LogP contribution is 2.27. The molecular formula is C14H17N3O2. The number of imidazole rings is 1. The molecule has 5 heteroatoms. The van der Waals surface area contributed by atoms with Crippen molar-refractivity contribution in [2.45, 2.75) is 25.8 Å². The van der Waals surface area contributed by atoms with Crippen LogP contribution in [0.2, 0.25) is 0 Å². The molecule has 5 nitrogen and oxygen atoms in total. The van der Waals surface area contributed by atoms with E-state index in [0.717, 1.165) is 24.2 Å². The molecule has 2 aromatic heterocycles. The van der Waals surface area contributed by atoms with Gasteiger partial charge in [0.1, 0.15) is 11.3 Å². The van der Waals surface area contributed by atoms with E-state index in [1.807, 2.05) is 29.5 Å². The summed E-state index contributed by atoms with van der Waals surface area (Å²) in [5.74, 6) is -0.0837. The van der Waals surface area contributed by atoms with E-state index in [1.54, 1.807) is 11.1 Å². The predicted molar refractivity (Wildman–Crippen MR) is 71.1 cm³/mol. The standard InChI is InChI=1S/C14H17N3O2/c1-10-3-2-4-13-15-12(9-17(10)13)14(19)16(7-8-18)11-5-6-11/h2-4,9,11,18H,5-8H2,1H3. The maximum absolute atomic E-state index is 12.4. The number of hydrogen-bond acceptors (Lipinski definition) is 3. The number of rotatable bonds is 4. The fourth-order valence-corrected chi connectivity index (χ4v) is 2.34. The van der Waals surface area contributed by atoms with E-state index in [-0.39, 0.29) is 18.6 Å². The molecule has 3 rings (SSSR count). The molecule has 0 bridgehead atoms. The molecule has 2 heterocycles. The van der Waals surface area contributed by atoms with Crippen molar-refractivity contribution in [3.05, 3.63) is 35.8 Å². The largest absolute Gasteiger partial charge is 0.395 e. The third-order valence-electron chi connectivity index (χ3n) is 3.50. The number of carbonyl (C=O) groups is 1. The molecule has 0 aromatic carbocycles. The van der Waals surface area contributed by atoms with Crippen LogP contribution in [0.3, 0.4) is 0 Å². The minimum atomic E-state index is -0.0837. The van der Waals surface area contributed by atoms with Gasteiger partial charge in [-0.1, -0.05) is 6.07 Å². The average molecular weight is 259 g/mol. The summed E-state index contributed by atoms with van der Waals surface area (Å²) in [6, 6.07) is 6.08. The highest BCUT2D eigenvalue weighted by molar-refractivity contribution is 5.93. The highest BCUT2D eigenvalue weighted by Gasteiger charge is 2.33. The molecule has 2 aromatic rings. The van der Waals surface area contributed by atoms with Gasteiger partial charge in [0.05, 0.1) is 6.61 Å². The summed E-state index contributed by atoms with van der Waals surface area (Å²) in [6.07, 6.45) is 3.83. The van der Waals surface area contributed by atoms with Gasteiger partial charge in [-0.2, -0.15) is 0 Å². The lowest BCUT2D eigenvalue weighted by Gasteiger charge is -2.19. The van der Waals surface area contributed by atoms with Gasteiger partial charge in [0.2, 0.25) is 0 Å². The second-order valence-corrected chi connectivity index (χ2v) is 4.97. The fourth-order valence-electron chi connectivity index (χ4n) is 2.34. The van der Waals surface area contributed by atoms with Crippen molar-refractivity contribution >= 4 is 11.6 Å². The topological polar surface area (TPSA) is 57.8 Å². The summed E-state index contributed by atoms with van der Waals surface area (Å²) < 4.78 is 1.91. The Labute approximate surface area is 111 Å². The summed E-state index contributed by atoms with van der Waals surface area (Å²) in [4.78, 5) is 18.5. The van der Waals surface area contributed by atoms with Crippen LogP contribution < -0.4 is 0 Å². The molecule has 1 saturated carbocycles. The summed E-state index contributed by atoms with van der Waals surface area (Å²) >= 11 is 0. The zero-order valence-corrected chi connectivity index (χ0v) is 10.9. The molecule has 1 fully saturated rings. The van der Waals surface area contributed by atoms with Crippen molar-refractivity contribution in [1.29, 1.82) is 0 Å². The lowest BCUT2D eigenvalue weighted by molar-refractivity contribution is 0.0702. The molecule has 0 radical (unpaired) electrons. The van der Waals surface area contributed by atoms with Gasteiger partial charge in [-0.25, -0.2) is 4.98 Å². The molecule has 0 atom stereocenters. The van der Waals surface area contributed by atoms with Crippen LogP contribution in [-0.4, -0.2) is 44.5 Å². The third kappa shape index (κ3) is 2.21. The van der Waals surface area contributed by atoms with Gasteiger partial charge < -0.3 is 14.4 Å². The summed E-state index contributed by atoms with van der Waals surface area (Å²) in [6.45, 7) is 2.36. The number of aliphatic hydroxyl groups excluding tert-OH is 1. The van der Waals surface area contributed by atoms with Crippen LogP contribution in [0, 0.1) is 6.92 Å². The van der Waals surface area contributed by atoms with E-state index >= 15 is 0 Å². The van der Waals surface area contributed by atoms with Crippen molar-refractivity contribution in [3.8, 4) is 0 Å². The Morgan fingerprint density at radius 3 is 2.95 bits per heavy atom. The number of fused-ring (bicyclic) bond motifs is 1. The number of aromatic nitrogens is 2. The first-order chi connectivity index (χ1) is 9.20. The van der Waals surface area contributed by atoms with Gasteiger partial charge in [-0.15, -0.1) is 0 Å². The Morgan fingerprint density at radius 2 is 2.32 bits per heavy atom. The number of aryl methyl sites for hydroxylation is 1. The van der Waals surface area contributed by atoms with Gasteiger partial charge >= 0.3 is 0 Å². The summed E-state index contributed by atoms with van der Waals surface area (Å²) in [7, 11) is 0.